The first-order chi connectivity index (χ1) is 14.9. The maximum absolute atomic E-state index is 12.9. The standard InChI is InChI=1S/C20H29N3O8Si/c1-20(2,3)15-10-22(18(17(15)31-32(4)5)21-30-12-16(24)25)19(26)29-11-13-6-8-14(9-7-13)23(27)28/h6-9,15,17,32H,10-12H2,1-5H3,(H,24,25)/b21-18+/t15-,17?/m1/s1. The second-order valence-corrected chi connectivity index (χ2v) is 11.2. The van der Waals surface area contributed by atoms with Gasteiger partial charge in [0.2, 0.25) is 6.61 Å². The fourth-order valence-electron chi connectivity index (χ4n) is 3.26. The fraction of sp³-hybridized carbons (Fsp3) is 0.550. The van der Waals surface area contributed by atoms with Crippen LogP contribution in [0.3, 0.4) is 0 Å². The molecular formula is C20H29N3O8Si. The van der Waals surface area contributed by atoms with Crippen molar-refractivity contribution in [2.45, 2.75) is 46.6 Å². The van der Waals surface area contributed by atoms with E-state index in [0.29, 0.717) is 5.56 Å². The number of rotatable bonds is 8. The maximum atomic E-state index is 12.9. The number of oxime groups is 1. The van der Waals surface area contributed by atoms with Gasteiger partial charge in [-0.3, -0.25) is 15.0 Å². The van der Waals surface area contributed by atoms with E-state index >= 15 is 0 Å². The van der Waals surface area contributed by atoms with E-state index in [2.05, 4.69) is 5.16 Å². The minimum atomic E-state index is -1.55. The number of hydrogen-bond acceptors (Lipinski definition) is 8. The minimum Gasteiger partial charge on any atom is -0.479 e. The van der Waals surface area contributed by atoms with Crippen molar-refractivity contribution in [1.29, 1.82) is 0 Å². The number of nitro benzene ring substituents is 1. The van der Waals surface area contributed by atoms with E-state index in [0.717, 1.165) is 0 Å². The summed E-state index contributed by atoms with van der Waals surface area (Å²) < 4.78 is 11.6. The molecule has 1 aliphatic rings. The van der Waals surface area contributed by atoms with Crippen LogP contribution in [0.15, 0.2) is 29.4 Å². The SMILES string of the molecule is C[SiH](C)OC1/C(=N\OCC(=O)O)N(C(=O)OCc2ccc([N+](=O)[O-])cc2)C[C@H]1C(C)(C)C. The predicted molar refractivity (Wildman–Crippen MR) is 118 cm³/mol. The van der Waals surface area contributed by atoms with Crippen molar-refractivity contribution >= 4 is 32.6 Å². The normalized spacial score (nSPS) is 19.9. The van der Waals surface area contributed by atoms with Crippen LogP contribution in [-0.4, -0.2) is 61.1 Å². The molecule has 0 bridgehead atoms. The van der Waals surface area contributed by atoms with E-state index in [-0.39, 0.29) is 36.0 Å². The van der Waals surface area contributed by atoms with Crippen LogP contribution in [0, 0.1) is 21.4 Å². The molecule has 1 aromatic rings. The lowest BCUT2D eigenvalue weighted by Crippen LogP contribution is -2.39. The van der Waals surface area contributed by atoms with Crippen LogP contribution in [0.2, 0.25) is 13.1 Å². The van der Waals surface area contributed by atoms with E-state index in [9.17, 15) is 19.7 Å². The van der Waals surface area contributed by atoms with Gasteiger partial charge in [0.25, 0.3) is 5.69 Å². The number of nitro groups is 1. The molecular weight excluding hydrogens is 438 g/mol. The molecule has 32 heavy (non-hydrogen) atoms. The van der Waals surface area contributed by atoms with Gasteiger partial charge in [0.1, 0.15) is 12.7 Å². The summed E-state index contributed by atoms with van der Waals surface area (Å²) in [5, 5.41) is 23.6. The minimum absolute atomic E-state index is 0.0597. The highest BCUT2D eigenvalue weighted by Gasteiger charge is 2.48. The van der Waals surface area contributed by atoms with Crippen LogP contribution in [-0.2, 0) is 25.4 Å². The summed E-state index contributed by atoms with van der Waals surface area (Å²) in [7, 11) is -1.55. The first-order valence-corrected chi connectivity index (χ1v) is 12.9. The number of hydrogen-bond donors (Lipinski definition) is 1. The average molecular weight is 468 g/mol. The number of benzene rings is 1. The lowest BCUT2D eigenvalue weighted by atomic mass is 9.79. The first kappa shape index (κ1) is 25.3. The fourth-order valence-corrected chi connectivity index (χ4v) is 4.15. The summed E-state index contributed by atoms with van der Waals surface area (Å²) >= 11 is 0. The highest BCUT2D eigenvalue weighted by molar-refractivity contribution is 6.48. The summed E-state index contributed by atoms with van der Waals surface area (Å²) in [6, 6.07) is 5.68. The Labute approximate surface area is 187 Å². The molecule has 12 heteroatoms. The van der Waals surface area contributed by atoms with Crippen molar-refractivity contribution < 1.29 is 33.6 Å². The highest BCUT2D eigenvalue weighted by atomic mass is 28.3. The average Bonchev–Trinajstić information content (AvgIpc) is 3.04. The number of non-ortho nitro benzene ring substituents is 1. The summed E-state index contributed by atoms with van der Waals surface area (Å²) in [5.41, 5.74) is 0.281. The number of carbonyl (C=O) groups is 2. The Balaban J connectivity index is 2.22. The van der Waals surface area contributed by atoms with Gasteiger partial charge in [0.15, 0.2) is 14.9 Å². The number of carbonyl (C=O) groups excluding carboxylic acids is 1. The number of nitrogens with zero attached hydrogens (tertiary/aromatic N) is 3. The van der Waals surface area contributed by atoms with Crippen molar-refractivity contribution in [2.75, 3.05) is 13.2 Å². The van der Waals surface area contributed by atoms with Crippen molar-refractivity contribution in [1.82, 2.24) is 4.90 Å². The number of likely N-dealkylation sites (tertiary alicyclic amines) is 1. The Kier molecular flexibility index (Phi) is 8.33. The molecule has 2 rings (SSSR count). The zero-order valence-corrected chi connectivity index (χ0v) is 20.0. The second kappa shape index (κ2) is 10.5. The predicted octanol–water partition coefficient (Wildman–Crippen LogP) is 2.99. The Hall–Kier alpha value is -2.99. The van der Waals surface area contributed by atoms with Crippen molar-refractivity contribution in [3.8, 4) is 0 Å². The Morgan fingerprint density at radius 1 is 1.28 bits per heavy atom. The topological polar surface area (TPSA) is 141 Å². The summed E-state index contributed by atoms with van der Waals surface area (Å²) in [5.74, 6) is -1.12. The smallest absolute Gasteiger partial charge is 0.415 e. The summed E-state index contributed by atoms with van der Waals surface area (Å²) in [6.07, 6.45) is -1.23. The van der Waals surface area contributed by atoms with Gasteiger partial charge in [-0.1, -0.05) is 25.9 Å². The lowest BCUT2D eigenvalue weighted by molar-refractivity contribution is -0.384. The van der Waals surface area contributed by atoms with Gasteiger partial charge >= 0.3 is 12.1 Å². The molecule has 176 valence electrons. The van der Waals surface area contributed by atoms with Gasteiger partial charge in [0.05, 0.1) is 4.92 Å². The van der Waals surface area contributed by atoms with E-state index in [4.69, 9.17) is 19.1 Å². The molecule has 0 aromatic heterocycles. The van der Waals surface area contributed by atoms with Gasteiger partial charge in [-0.05, 0) is 36.2 Å². The zero-order chi connectivity index (χ0) is 24.1. The van der Waals surface area contributed by atoms with E-state index in [1.807, 2.05) is 33.9 Å². The molecule has 1 amide bonds. The number of amidine groups is 1. The molecule has 1 unspecified atom stereocenters. The van der Waals surface area contributed by atoms with Gasteiger partial charge in [-0.15, -0.1) is 0 Å². The Bertz CT molecular complexity index is 867. The van der Waals surface area contributed by atoms with Crippen LogP contribution >= 0.6 is 0 Å². The quantitative estimate of drug-likeness (QED) is 0.349. The molecule has 2 atom stereocenters. The van der Waals surface area contributed by atoms with Gasteiger partial charge < -0.3 is 19.1 Å². The summed E-state index contributed by atoms with van der Waals surface area (Å²) in [6.45, 7) is 9.58. The molecule has 11 nitrogen and oxygen atoms in total. The molecule has 0 spiro atoms. The number of aliphatic carboxylic acids is 1. The third-order valence-corrected chi connectivity index (χ3v) is 5.72. The van der Waals surface area contributed by atoms with Crippen molar-refractivity contribution in [3.63, 3.8) is 0 Å². The number of amides is 1. The molecule has 1 heterocycles. The number of carboxylic acids is 1. The van der Waals surface area contributed by atoms with E-state index in [1.165, 1.54) is 29.2 Å². The summed E-state index contributed by atoms with van der Waals surface area (Å²) in [4.78, 5) is 40.3. The van der Waals surface area contributed by atoms with Crippen LogP contribution in [0.4, 0.5) is 10.5 Å². The molecule has 0 saturated carbocycles. The van der Waals surface area contributed by atoms with Gasteiger partial charge in [-0.2, -0.15) is 0 Å². The zero-order valence-electron chi connectivity index (χ0n) is 18.8. The molecule has 1 N–H and O–H groups in total. The second-order valence-electron chi connectivity index (χ2n) is 8.78. The molecule has 1 aliphatic heterocycles. The third-order valence-electron chi connectivity index (χ3n) is 4.88. The molecule has 0 radical (unpaired) electrons. The number of ether oxygens (including phenoxy) is 1. The third kappa shape index (κ3) is 6.75. The van der Waals surface area contributed by atoms with Crippen LogP contribution in [0.1, 0.15) is 26.3 Å². The van der Waals surface area contributed by atoms with Crippen LogP contribution in [0.25, 0.3) is 0 Å². The molecule has 1 fully saturated rings. The monoisotopic (exact) mass is 467 g/mol. The van der Waals surface area contributed by atoms with E-state index < -0.39 is 38.7 Å². The maximum Gasteiger partial charge on any atom is 0.415 e. The first-order valence-electron chi connectivity index (χ1n) is 10.1. The van der Waals surface area contributed by atoms with Gasteiger partial charge in [0, 0.05) is 24.6 Å². The van der Waals surface area contributed by atoms with Crippen LogP contribution < -0.4 is 0 Å². The molecule has 1 saturated heterocycles. The van der Waals surface area contributed by atoms with Gasteiger partial charge in [-0.25, -0.2) is 9.59 Å². The molecule has 0 aliphatic carbocycles. The van der Waals surface area contributed by atoms with E-state index in [1.54, 1.807) is 0 Å². The lowest BCUT2D eigenvalue weighted by Gasteiger charge is -2.31. The van der Waals surface area contributed by atoms with Crippen molar-refractivity contribution in [2.24, 2.45) is 16.5 Å². The molecule has 1 aromatic carbocycles. The van der Waals surface area contributed by atoms with Crippen molar-refractivity contribution in [3.05, 3.63) is 39.9 Å². The Morgan fingerprint density at radius 2 is 1.91 bits per heavy atom. The van der Waals surface area contributed by atoms with Crippen LogP contribution in [0.5, 0.6) is 0 Å². The number of carboxylic acid groups (broad SMARTS) is 1. The largest absolute Gasteiger partial charge is 0.479 e. The highest BCUT2D eigenvalue weighted by Crippen LogP contribution is 2.37. The Morgan fingerprint density at radius 3 is 2.41 bits per heavy atom.